The second kappa shape index (κ2) is 7.28. The van der Waals surface area contributed by atoms with E-state index in [9.17, 15) is 4.79 Å². The van der Waals surface area contributed by atoms with Gasteiger partial charge in [-0.05, 0) is 19.1 Å². The average Bonchev–Trinajstić information content (AvgIpc) is 1.99. The molecule has 0 atom stereocenters. The lowest BCUT2D eigenvalue weighted by molar-refractivity contribution is -0.108. The second-order valence-corrected chi connectivity index (χ2v) is 2.61. The maximum absolute atomic E-state index is 9.77. The third kappa shape index (κ3) is 7.06. The number of carbonyl (C=O) groups is 1. The molecule has 3 heteroatoms. The fraction of sp³-hybridized carbons (Fsp3) is 0.125. The number of hydrogen-bond donors (Lipinski definition) is 1. The van der Waals surface area contributed by atoms with Crippen molar-refractivity contribution in [1.29, 1.82) is 0 Å². The fourth-order valence-electron chi connectivity index (χ4n) is 0.450. The highest BCUT2D eigenvalue weighted by molar-refractivity contribution is 9.11. The van der Waals surface area contributed by atoms with Crippen LogP contribution in [0.3, 0.4) is 0 Å². The molecule has 0 radical (unpaired) electrons. The van der Waals surface area contributed by atoms with E-state index in [1.807, 2.05) is 25.2 Å². The molecule has 60 valence electrons. The van der Waals surface area contributed by atoms with Crippen LogP contribution in [0.5, 0.6) is 0 Å². The van der Waals surface area contributed by atoms with Crippen molar-refractivity contribution in [2.24, 2.45) is 0 Å². The molecule has 0 aromatic carbocycles. The molecule has 0 heterocycles. The Kier molecular flexibility index (Phi) is 6.73. The van der Waals surface area contributed by atoms with Crippen LogP contribution in [0.15, 0.2) is 35.0 Å². The van der Waals surface area contributed by atoms with Crippen molar-refractivity contribution in [2.75, 3.05) is 0 Å². The number of halogens is 1. The zero-order valence-corrected chi connectivity index (χ0v) is 7.84. The molecule has 1 amide bonds. The first kappa shape index (κ1) is 10.2. The molecule has 0 saturated carbocycles. The van der Waals surface area contributed by atoms with E-state index in [1.54, 1.807) is 12.3 Å². The van der Waals surface area contributed by atoms with E-state index >= 15 is 0 Å². The van der Waals surface area contributed by atoms with Crippen LogP contribution in [-0.2, 0) is 4.79 Å². The van der Waals surface area contributed by atoms with Gasteiger partial charge in [0.05, 0.1) is 0 Å². The van der Waals surface area contributed by atoms with E-state index in [0.29, 0.717) is 6.41 Å². The Hall–Kier alpha value is -0.830. The molecule has 0 unspecified atom stereocenters. The normalized spacial score (nSPS) is 12.7. The molecule has 0 spiro atoms. The van der Waals surface area contributed by atoms with E-state index < -0.39 is 0 Å². The highest BCUT2D eigenvalue weighted by Crippen LogP contribution is 2.05. The highest BCUT2D eigenvalue weighted by atomic mass is 79.9. The van der Waals surface area contributed by atoms with E-state index in [0.717, 1.165) is 4.48 Å². The van der Waals surface area contributed by atoms with Crippen LogP contribution >= 0.6 is 15.9 Å². The fourth-order valence-corrected chi connectivity index (χ4v) is 0.867. The van der Waals surface area contributed by atoms with Crippen LogP contribution in [0.2, 0.25) is 0 Å². The lowest BCUT2D eigenvalue weighted by Crippen LogP contribution is -1.97. The van der Waals surface area contributed by atoms with Gasteiger partial charge in [0.1, 0.15) is 0 Å². The topological polar surface area (TPSA) is 29.1 Å². The Morgan fingerprint density at radius 1 is 1.55 bits per heavy atom. The highest BCUT2D eigenvalue weighted by Gasteiger charge is 1.76. The minimum atomic E-state index is 0.619. The Bertz CT molecular complexity index is 194. The Morgan fingerprint density at radius 2 is 2.27 bits per heavy atom. The summed E-state index contributed by atoms with van der Waals surface area (Å²) in [4.78, 5) is 9.77. The standard InChI is InChI=1S/C8H10BrNO/c1-2-4-8(9)5-3-6-10-7-11/h2-7H,1H3,(H,10,11)/b4-2-,6-3+,8-5+. The molecule has 0 rings (SSSR count). The van der Waals surface area contributed by atoms with Crippen molar-refractivity contribution in [1.82, 2.24) is 5.32 Å². The lowest BCUT2D eigenvalue weighted by atomic mass is 10.4. The van der Waals surface area contributed by atoms with Gasteiger partial charge in [-0.25, -0.2) is 0 Å². The van der Waals surface area contributed by atoms with Crippen LogP contribution in [-0.4, -0.2) is 6.41 Å². The first-order valence-corrected chi connectivity index (χ1v) is 3.95. The summed E-state index contributed by atoms with van der Waals surface area (Å²) in [6.07, 6.45) is 9.56. The van der Waals surface area contributed by atoms with Crippen LogP contribution in [0.25, 0.3) is 0 Å². The van der Waals surface area contributed by atoms with Crippen molar-refractivity contribution in [3.05, 3.63) is 35.0 Å². The van der Waals surface area contributed by atoms with Gasteiger partial charge in [-0.3, -0.25) is 4.79 Å². The second-order valence-electron chi connectivity index (χ2n) is 1.70. The van der Waals surface area contributed by atoms with Crippen molar-refractivity contribution < 1.29 is 4.79 Å². The van der Waals surface area contributed by atoms with Gasteiger partial charge in [0.25, 0.3) is 0 Å². The van der Waals surface area contributed by atoms with E-state index in [-0.39, 0.29) is 0 Å². The summed E-state index contributed by atoms with van der Waals surface area (Å²) in [5, 5.41) is 2.40. The zero-order valence-electron chi connectivity index (χ0n) is 6.25. The predicted molar refractivity (Wildman–Crippen MR) is 50.2 cm³/mol. The molecule has 0 fully saturated rings. The van der Waals surface area contributed by atoms with E-state index in [4.69, 9.17) is 0 Å². The minimum Gasteiger partial charge on any atom is -0.335 e. The smallest absolute Gasteiger partial charge is 0.211 e. The number of hydrogen-bond acceptors (Lipinski definition) is 1. The first-order valence-electron chi connectivity index (χ1n) is 3.16. The summed E-state index contributed by atoms with van der Waals surface area (Å²) >= 11 is 3.30. The van der Waals surface area contributed by atoms with Crippen LogP contribution in [0.1, 0.15) is 6.92 Å². The largest absolute Gasteiger partial charge is 0.335 e. The quantitative estimate of drug-likeness (QED) is 0.565. The van der Waals surface area contributed by atoms with Gasteiger partial charge in [0, 0.05) is 10.7 Å². The molecule has 1 N–H and O–H groups in total. The van der Waals surface area contributed by atoms with Crippen molar-refractivity contribution in [2.45, 2.75) is 6.92 Å². The Morgan fingerprint density at radius 3 is 2.82 bits per heavy atom. The summed E-state index contributed by atoms with van der Waals surface area (Å²) in [6, 6.07) is 0. The molecule has 2 nitrogen and oxygen atoms in total. The molecule has 0 aliphatic carbocycles. The van der Waals surface area contributed by atoms with Gasteiger partial charge in [-0.2, -0.15) is 0 Å². The van der Waals surface area contributed by atoms with Crippen LogP contribution < -0.4 is 5.32 Å². The third-order valence-electron chi connectivity index (χ3n) is 0.842. The number of carbonyl (C=O) groups excluding carboxylic acids is 1. The molecule has 0 aliphatic rings. The molecule has 11 heavy (non-hydrogen) atoms. The van der Waals surface area contributed by atoms with Crippen LogP contribution in [0.4, 0.5) is 0 Å². The number of rotatable bonds is 4. The predicted octanol–water partition coefficient (Wildman–Crippen LogP) is 2.10. The number of nitrogens with one attached hydrogen (secondary N) is 1. The molecular weight excluding hydrogens is 206 g/mol. The van der Waals surface area contributed by atoms with Crippen molar-refractivity contribution in [3.8, 4) is 0 Å². The Labute approximate surface area is 74.8 Å². The van der Waals surface area contributed by atoms with E-state index in [2.05, 4.69) is 21.2 Å². The summed E-state index contributed by atoms with van der Waals surface area (Å²) in [5.74, 6) is 0. The monoisotopic (exact) mass is 215 g/mol. The van der Waals surface area contributed by atoms with Crippen molar-refractivity contribution >= 4 is 22.3 Å². The number of allylic oxidation sites excluding steroid dienone is 5. The van der Waals surface area contributed by atoms with E-state index in [1.165, 1.54) is 0 Å². The first-order chi connectivity index (χ1) is 5.31. The Balaban J connectivity index is 3.80. The molecule has 0 bridgehead atoms. The molecule has 0 aromatic rings. The third-order valence-corrected chi connectivity index (χ3v) is 1.37. The van der Waals surface area contributed by atoms with Crippen molar-refractivity contribution in [3.63, 3.8) is 0 Å². The van der Waals surface area contributed by atoms with Gasteiger partial charge in [0.15, 0.2) is 0 Å². The molecule has 0 aliphatic heterocycles. The summed E-state index contributed by atoms with van der Waals surface area (Å²) in [5.41, 5.74) is 0. The summed E-state index contributed by atoms with van der Waals surface area (Å²) in [6.45, 7) is 1.93. The SMILES string of the molecule is C\C=C/C(Br)=C\C=C\NC=O. The average molecular weight is 216 g/mol. The zero-order chi connectivity index (χ0) is 8.53. The maximum Gasteiger partial charge on any atom is 0.211 e. The van der Waals surface area contributed by atoms with Gasteiger partial charge >= 0.3 is 0 Å². The van der Waals surface area contributed by atoms with Gasteiger partial charge in [0.2, 0.25) is 6.41 Å². The van der Waals surface area contributed by atoms with Crippen LogP contribution in [0, 0.1) is 0 Å². The molecular formula is C8H10BrNO. The van der Waals surface area contributed by atoms with Gasteiger partial charge < -0.3 is 5.32 Å². The summed E-state index contributed by atoms with van der Waals surface area (Å²) in [7, 11) is 0. The van der Waals surface area contributed by atoms with Gasteiger partial charge in [-0.1, -0.05) is 28.1 Å². The minimum absolute atomic E-state index is 0.619. The maximum atomic E-state index is 9.77. The molecule has 0 saturated heterocycles. The van der Waals surface area contributed by atoms with Gasteiger partial charge in [-0.15, -0.1) is 0 Å². The molecule has 0 aromatic heterocycles. The number of amides is 1. The lowest BCUT2D eigenvalue weighted by Gasteiger charge is -1.83. The summed E-state index contributed by atoms with van der Waals surface area (Å²) < 4.78 is 0.962.